The first-order chi connectivity index (χ1) is 13.8. The fourth-order valence-corrected chi connectivity index (χ4v) is 2.37. The molecule has 0 aromatic rings. The molecule has 0 aliphatic rings. The van der Waals surface area contributed by atoms with E-state index in [1.54, 1.807) is 13.8 Å². The largest absolute Gasteiger partial charge is 0.480 e. The SMILES string of the molecule is CCC(C)C(NC(=O)C(N)CC(N)=O)C(=O)NC(CO)C(=O)NC(C(=O)O)C(C)O. The summed E-state index contributed by atoms with van der Waals surface area (Å²) in [6.45, 7) is 3.67. The predicted octanol–water partition coefficient (Wildman–Crippen LogP) is -3.85. The highest BCUT2D eigenvalue weighted by Gasteiger charge is 2.33. The number of amides is 4. The molecule has 6 atom stereocenters. The van der Waals surface area contributed by atoms with Gasteiger partial charge >= 0.3 is 5.97 Å². The van der Waals surface area contributed by atoms with Crippen LogP contribution in [0.4, 0.5) is 0 Å². The summed E-state index contributed by atoms with van der Waals surface area (Å²) in [6.07, 6.45) is -1.42. The lowest BCUT2D eigenvalue weighted by molar-refractivity contribution is -0.145. The second-order valence-electron chi connectivity index (χ2n) is 6.96. The van der Waals surface area contributed by atoms with Gasteiger partial charge in [-0.05, 0) is 12.8 Å². The summed E-state index contributed by atoms with van der Waals surface area (Å²) in [6, 6.07) is -5.63. The van der Waals surface area contributed by atoms with Crippen molar-refractivity contribution in [2.75, 3.05) is 6.61 Å². The summed E-state index contributed by atoms with van der Waals surface area (Å²) in [5.74, 6) is -5.40. The van der Waals surface area contributed by atoms with E-state index in [0.29, 0.717) is 6.42 Å². The van der Waals surface area contributed by atoms with E-state index >= 15 is 0 Å². The first-order valence-corrected chi connectivity index (χ1v) is 9.32. The van der Waals surface area contributed by atoms with Gasteiger partial charge in [-0.2, -0.15) is 0 Å². The number of carboxylic acids is 1. The Morgan fingerprint density at radius 3 is 1.87 bits per heavy atom. The Morgan fingerprint density at radius 2 is 1.47 bits per heavy atom. The first-order valence-electron chi connectivity index (χ1n) is 9.32. The maximum absolute atomic E-state index is 12.6. The molecule has 0 fully saturated rings. The standard InChI is InChI=1S/C17H31N5O8/c1-4-7(2)12(21-14(26)9(18)5-11(19)25)16(28)20-10(6-23)15(27)22-13(8(3)24)17(29)30/h7-10,12-13,23-24H,4-6,18H2,1-3H3,(H2,19,25)(H,20,28)(H,21,26)(H,22,27)(H,29,30). The van der Waals surface area contributed by atoms with Crippen molar-refractivity contribution < 1.29 is 39.3 Å². The van der Waals surface area contributed by atoms with Gasteiger partial charge in [0.1, 0.15) is 12.1 Å². The molecule has 10 N–H and O–H groups in total. The molecule has 0 aliphatic heterocycles. The zero-order valence-corrected chi connectivity index (χ0v) is 17.1. The number of hydrogen-bond donors (Lipinski definition) is 8. The van der Waals surface area contributed by atoms with Gasteiger partial charge < -0.3 is 42.7 Å². The third kappa shape index (κ3) is 8.71. The molecule has 0 bridgehead atoms. The second-order valence-corrected chi connectivity index (χ2v) is 6.96. The van der Waals surface area contributed by atoms with Crippen LogP contribution in [-0.4, -0.2) is 81.8 Å². The lowest BCUT2D eigenvalue weighted by atomic mass is 9.97. The molecule has 30 heavy (non-hydrogen) atoms. The molecule has 0 aliphatic carbocycles. The van der Waals surface area contributed by atoms with E-state index in [1.165, 1.54) is 0 Å². The van der Waals surface area contributed by atoms with Crippen LogP contribution in [0.25, 0.3) is 0 Å². The van der Waals surface area contributed by atoms with Gasteiger partial charge in [0.15, 0.2) is 6.04 Å². The van der Waals surface area contributed by atoms with Crippen LogP contribution in [0.3, 0.4) is 0 Å². The van der Waals surface area contributed by atoms with E-state index in [9.17, 15) is 34.2 Å². The van der Waals surface area contributed by atoms with E-state index in [4.69, 9.17) is 16.6 Å². The van der Waals surface area contributed by atoms with Crippen LogP contribution >= 0.6 is 0 Å². The Morgan fingerprint density at radius 1 is 0.933 bits per heavy atom. The third-order valence-corrected chi connectivity index (χ3v) is 4.41. The van der Waals surface area contributed by atoms with Gasteiger partial charge in [-0.3, -0.25) is 19.2 Å². The van der Waals surface area contributed by atoms with E-state index in [-0.39, 0.29) is 0 Å². The molecule has 13 nitrogen and oxygen atoms in total. The lowest BCUT2D eigenvalue weighted by Gasteiger charge is -2.27. The van der Waals surface area contributed by atoms with Gasteiger partial charge in [-0.25, -0.2) is 4.79 Å². The molecular formula is C17H31N5O8. The number of carbonyl (C=O) groups excluding carboxylic acids is 4. The van der Waals surface area contributed by atoms with Crippen LogP contribution in [0.1, 0.15) is 33.6 Å². The number of carboxylic acid groups (broad SMARTS) is 1. The highest BCUT2D eigenvalue weighted by atomic mass is 16.4. The molecule has 0 aromatic heterocycles. The van der Waals surface area contributed by atoms with E-state index in [0.717, 1.165) is 6.92 Å². The molecule has 0 aromatic carbocycles. The fraction of sp³-hybridized carbons (Fsp3) is 0.706. The van der Waals surface area contributed by atoms with Gasteiger partial charge in [0.25, 0.3) is 0 Å². The topological polar surface area (TPSA) is 234 Å². The Hall–Kier alpha value is -2.77. The number of rotatable bonds is 13. The Balaban J connectivity index is 5.31. The average molecular weight is 433 g/mol. The van der Waals surface area contributed by atoms with Crippen LogP contribution in [0, 0.1) is 5.92 Å². The number of hydrogen-bond acceptors (Lipinski definition) is 8. The molecule has 6 unspecified atom stereocenters. The molecule has 0 spiro atoms. The van der Waals surface area contributed by atoms with Crippen LogP contribution in [0.5, 0.6) is 0 Å². The normalized spacial score (nSPS) is 16.9. The fourth-order valence-electron chi connectivity index (χ4n) is 2.37. The van der Waals surface area contributed by atoms with Crippen LogP contribution in [-0.2, 0) is 24.0 Å². The molecule has 4 amide bonds. The van der Waals surface area contributed by atoms with Crippen molar-refractivity contribution in [3.05, 3.63) is 0 Å². The Labute approximate surface area is 173 Å². The third-order valence-electron chi connectivity index (χ3n) is 4.41. The van der Waals surface area contributed by atoms with Crippen molar-refractivity contribution in [3.8, 4) is 0 Å². The molecule has 0 radical (unpaired) electrons. The number of carbonyl (C=O) groups is 5. The zero-order valence-electron chi connectivity index (χ0n) is 17.1. The molecule has 13 heteroatoms. The molecule has 0 heterocycles. The second kappa shape index (κ2) is 12.7. The van der Waals surface area contributed by atoms with Crippen molar-refractivity contribution in [2.24, 2.45) is 17.4 Å². The van der Waals surface area contributed by atoms with Crippen molar-refractivity contribution in [2.45, 2.75) is 63.9 Å². The summed E-state index contributed by atoms with van der Waals surface area (Å²) in [5, 5.41) is 34.5. The minimum Gasteiger partial charge on any atom is -0.480 e. The molecular weight excluding hydrogens is 402 g/mol. The summed E-state index contributed by atoms with van der Waals surface area (Å²) in [5.41, 5.74) is 10.6. The molecule has 0 rings (SSSR count). The van der Waals surface area contributed by atoms with Crippen molar-refractivity contribution in [3.63, 3.8) is 0 Å². The van der Waals surface area contributed by atoms with Crippen molar-refractivity contribution in [1.82, 2.24) is 16.0 Å². The zero-order chi connectivity index (χ0) is 23.6. The maximum atomic E-state index is 12.6. The summed E-state index contributed by atoms with van der Waals surface area (Å²) in [4.78, 5) is 59.0. The maximum Gasteiger partial charge on any atom is 0.328 e. The summed E-state index contributed by atoms with van der Waals surface area (Å²) >= 11 is 0. The molecule has 0 saturated carbocycles. The van der Waals surface area contributed by atoms with Gasteiger partial charge in [0.05, 0.1) is 25.2 Å². The van der Waals surface area contributed by atoms with Gasteiger partial charge in [0.2, 0.25) is 23.6 Å². The minimum atomic E-state index is -1.65. The molecule has 0 saturated heterocycles. The predicted molar refractivity (Wildman–Crippen MR) is 103 cm³/mol. The lowest BCUT2D eigenvalue weighted by Crippen LogP contribution is -2.60. The number of aliphatic carboxylic acids is 1. The first kappa shape index (κ1) is 27.2. The number of aliphatic hydroxyl groups is 2. The highest BCUT2D eigenvalue weighted by Crippen LogP contribution is 2.09. The molecule has 172 valence electrons. The monoisotopic (exact) mass is 433 g/mol. The number of nitrogens with two attached hydrogens (primary N) is 2. The summed E-state index contributed by atoms with van der Waals surface area (Å²) in [7, 11) is 0. The van der Waals surface area contributed by atoms with E-state index in [2.05, 4.69) is 10.6 Å². The Bertz CT molecular complexity index is 642. The van der Waals surface area contributed by atoms with Gasteiger partial charge in [-0.1, -0.05) is 20.3 Å². The van der Waals surface area contributed by atoms with E-state index in [1.807, 2.05) is 5.32 Å². The van der Waals surface area contributed by atoms with Gasteiger partial charge in [-0.15, -0.1) is 0 Å². The van der Waals surface area contributed by atoms with Gasteiger partial charge in [0, 0.05) is 0 Å². The smallest absolute Gasteiger partial charge is 0.328 e. The Kier molecular flexibility index (Phi) is 11.5. The number of primary amides is 1. The minimum absolute atomic E-state index is 0.415. The number of aliphatic hydroxyl groups excluding tert-OH is 2. The average Bonchev–Trinajstić information content (AvgIpc) is 2.65. The summed E-state index contributed by atoms with van der Waals surface area (Å²) < 4.78 is 0. The van der Waals surface area contributed by atoms with Crippen LogP contribution < -0.4 is 27.4 Å². The van der Waals surface area contributed by atoms with Crippen LogP contribution in [0.2, 0.25) is 0 Å². The highest BCUT2D eigenvalue weighted by molar-refractivity contribution is 5.95. The van der Waals surface area contributed by atoms with E-state index < -0.39 is 78.8 Å². The van der Waals surface area contributed by atoms with Crippen LogP contribution in [0.15, 0.2) is 0 Å². The van der Waals surface area contributed by atoms with Crippen molar-refractivity contribution >= 4 is 29.6 Å². The quantitative estimate of drug-likeness (QED) is 0.142. The number of nitrogens with one attached hydrogen (secondary N) is 3. The van der Waals surface area contributed by atoms with Crippen molar-refractivity contribution in [1.29, 1.82) is 0 Å².